The van der Waals surface area contributed by atoms with Gasteiger partial charge in [0.1, 0.15) is 5.75 Å². The summed E-state index contributed by atoms with van der Waals surface area (Å²) < 4.78 is 27.6. The normalized spacial score (nSPS) is 12.5. The van der Waals surface area contributed by atoms with Crippen LogP contribution in [-0.4, -0.2) is 20.8 Å². The minimum atomic E-state index is -3.53. The maximum atomic E-state index is 11.0. The predicted octanol–water partition coefficient (Wildman–Crippen LogP) is 2.69. The van der Waals surface area contributed by atoms with Crippen molar-refractivity contribution in [3.8, 4) is 5.75 Å². The van der Waals surface area contributed by atoms with Crippen molar-refractivity contribution < 1.29 is 13.2 Å². The van der Waals surface area contributed by atoms with Crippen molar-refractivity contribution in [2.45, 2.75) is 13.8 Å². The van der Waals surface area contributed by atoms with Gasteiger partial charge in [0.15, 0.2) is 0 Å². The molecule has 1 aromatic rings. The number of benzene rings is 1. The van der Waals surface area contributed by atoms with Crippen molar-refractivity contribution in [1.82, 2.24) is 0 Å². The first kappa shape index (κ1) is 15.6. The summed E-state index contributed by atoms with van der Waals surface area (Å²) >= 11 is 11.7. The van der Waals surface area contributed by atoms with E-state index < -0.39 is 15.4 Å². The second-order valence-electron chi connectivity index (χ2n) is 4.87. The number of sulfonamides is 1. The molecule has 2 N–H and O–H groups in total. The zero-order valence-electron chi connectivity index (χ0n) is 10.1. The van der Waals surface area contributed by atoms with Gasteiger partial charge in [-0.3, -0.25) is 0 Å². The van der Waals surface area contributed by atoms with Crippen LogP contribution in [0, 0.1) is 5.41 Å². The number of nitrogens with two attached hydrogens (primary N) is 1. The van der Waals surface area contributed by atoms with Crippen molar-refractivity contribution in [3.05, 3.63) is 28.2 Å². The smallest absolute Gasteiger partial charge is 0.209 e. The molecule has 0 aliphatic carbocycles. The Labute approximate surface area is 117 Å². The first-order chi connectivity index (χ1) is 8.07. The highest BCUT2D eigenvalue weighted by Crippen LogP contribution is 2.26. The zero-order valence-corrected chi connectivity index (χ0v) is 12.4. The van der Waals surface area contributed by atoms with Crippen LogP contribution in [0.4, 0.5) is 0 Å². The molecule has 0 amide bonds. The van der Waals surface area contributed by atoms with E-state index >= 15 is 0 Å². The molecule has 0 unspecified atom stereocenters. The van der Waals surface area contributed by atoms with Crippen LogP contribution in [0.1, 0.15) is 13.8 Å². The van der Waals surface area contributed by atoms with Gasteiger partial charge in [0.05, 0.1) is 12.4 Å². The monoisotopic (exact) mass is 311 g/mol. The zero-order chi connectivity index (χ0) is 14.0. The molecule has 0 heterocycles. The molecule has 7 heteroatoms. The molecule has 0 atom stereocenters. The van der Waals surface area contributed by atoms with Crippen LogP contribution in [-0.2, 0) is 10.0 Å². The number of halogens is 2. The number of hydrogen-bond donors (Lipinski definition) is 1. The molecule has 0 saturated carbocycles. The summed E-state index contributed by atoms with van der Waals surface area (Å²) in [6.45, 7) is 3.70. The average molecular weight is 312 g/mol. The Balaban J connectivity index is 2.69. The molecule has 0 bridgehead atoms. The van der Waals surface area contributed by atoms with Crippen molar-refractivity contribution in [3.63, 3.8) is 0 Å². The molecule has 4 nitrogen and oxygen atoms in total. The van der Waals surface area contributed by atoms with E-state index in [1.54, 1.807) is 32.0 Å². The number of rotatable bonds is 5. The van der Waals surface area contributed by atoms with Gasteiger partial charge in [0, 0.05) is 15.5 Å². The first-order valence-electron chi connectivity index (χ1n) is 5.17. The van der Waals surface area contributed by atoms with E-state index in [0.717, 1.165) is 0 Å². The molecule has 0 aliphatic heterocycles. The fraction of sp³-hybridized carbons (Fsp3) is 0.455. The van der Waals surface area contributed by atoms with Gasteiger partial charge in [-0.1, -0.05) is 37.0 Å². The second kappa shape index (κ2) is 5.65. The molecular formula is C11H15Cl2NO3S. The fourth-order valence-electron chi connectivity index (χ4n) is 1.48. The second-order valence-corrected chi connectivity index (χ2v) is 7.35. The fourth-order valence-corrected chi connectivity index (χ4v) is 3.16. The molecule has 0 aliphatic rings. The third kappa shape index (κ3) is 5.91. The Hall–Kier alpha value is -0.490. The van der Waals surface area contributed by atoms with E-state index in [1.165, 1.54) is 0 Å². The maximum absolute atomic E-state index is 11.0. The summed E-state index contributed by atoms with van der Waals surface area (Å²) in [5.74, 6) is 0.337. The van der Waals surface area contributed by atoms with Gasteiger partial charge < -0.3 is 4.74 Å². The van der Waals surface area contributed by atoms with Crippen LogP contribution in [0.2, 0.25) is 10.0 Å². The summed E-state index contributed by atoms with van der Waals surface area (Å²) in [6.07, 6.45) is 0. The minimum Gasteiger partial charge on any atom is -0.493 e. The summed E-state index contributed by atoms with van der Waals surface area (Å²) in [4.78, 5) is 0. The molecular weight excluding hydrogens is 297 g/mol. The summed E-state index contributed by atoms with van der Waals surface area (Å²) in [5, 5.41) is 5.93. The van der Waals surface area contributed by atoms with Crippen LogP contribution in [0.3, 0.4) is 0 Å². The lowest BCUT2D eigenvalue weighted by Crippen LogP contribution is -2.33. The highest BCUT2D eigenvalue weighted by molar-refractivity contribution is 7.89. The SMILES string of the molecule is CC(C)(COc1cc(Cl)cc(Cl)c1)CS(N)(=O)=O. The largest absolute Gasteiger partial charge is 0.493 e. The Morgan fingerprint density at radius 2 is 1.72 bits per heavy atom. The summed E-state index contributed by atoms with van der Waals surface area (Å²) in [7, 11) is -3.53. The lowest BCUT2D eigenvalue weighted by Gasteiger charge is -2.23. The number of ether oxygens (including phenoxy) is 1. The van der Waals surface area contributed by atoms with Crippen LogP contribution < -0.4 is 9.88 Å². The molecule has 1 aromatic carbocycles. The summed E-state index contributed by atoms with van der Waals surface area (Å²) in [5.41, 5.74) is -0.595. The number of primary sulfonamides is 1. The maximum Gasteiger partial charge on any atom is 0.209 e. The van der Waals surface area contributed by atoms with Crippen molar-refractivity contribution in [2.75, 3.05) is 12.4 Å². The van der Waals surface area contributed by atoms with E-state index in [2.05, 4.69) is 0 Å². The molecule has 0 aromatic heterocycles. The van der Waals surface area contributed by atoms with E-state index in [0.29, 0.717) is 15.8 Å². The van der Waals surface area contributed by atoms with Crippen LogP contribution in [0.5, 0.6) is 5.75 Å². The first-order valence-corrected chi connectivity index (χ1v) is 7.64. The van der Waals surface area contributed by atoms with Crippen LogP contribution in [0.15, 0.2) is 18.2 Å². The highest BCUT2D eigenvalue weighted by atomic mass is 35.5. The van der Waals surface area contributed by atoms with Gasteiger partial charge in [-0.15, -0.1) is 0 Å². The van der Waals surface area contributed by atoms with E-state index in [9.17, 15) is 8.42 Å². The van der Waals surface area contributed by atoms with E-state index in [1.807, 2.05) is 0 Å². The van der Waals surface area contributed by atoms with Crippen molar-refractivity contribution in [2.24, 2.45) is 10.6 Å². The molecule has 0 fully saturated rings. The van der Waals surface area contributed by atoms with Gasteiger partial charge in [-0.25, -0.2) is 13.6 Å². The van der Waals surface area contributed by atoms with E-state index in [-0.39, 0.29) is 12.4 Å². The molecule has 0 radical (unpaired) electrons. The Kier molecular flexibility index (Phi) is 4.89. The van der Waals surface area contributed by atoms with Crippen LogP contribution >= 0.6 is 23.2 Å². The predicted molar refractivity (Wildman–Crippen MR) is 73.7 cm³/mol. The Morgan fingerprint density at radius 1 is 1.22 bits per heavy atom. The molecule has 18 heavy (non-hydrogen) atoms. The third-order valence-corrected chi connectivity index (χ3v) is 3.68. The van der Waals surface area contributed by atoms with Gasteiger partial charge in [0.2, 0.25) is 10.0 Å². The standard InChI is InChI=1S/C11H15Cl2NO3S/c1-11(2,7-18(14,15)16)6-17-10-4-8(12)3-9(13)5-10/h3-5H,6-7H2,1-2H3,(H2,14,15,16). The van der Waals surface area contributed by atoms with Gasteiger partial charge >= 0.3 is 0 Å². The van der Waals surface area contributed by atoms with Gasteiger partial charge in [-0.2, -0.15) is 0 Å². The topological polar surface area (TPSA) is 69.4 Å². The van der Waals surface area contributed by atoms with Crippen LogP contribution in [0.25, 0.3) is 0 Å². The molecule has 1 rings (SSSR count). The lowest BCUT2D eigenvalue weighted by molar-refractivity contribution is 0.200. The molecule has 0 saturated heterocycles. The lowest BCUT2D eigenvalue weighted by atomic mass is 9.98. The Bertz CT molecular complexity index is 509. The van der Waals surface area contributed by atoms with Gasteiger partial charge in [0.25, 0.3) is 0 Å². The summed E-state index contributed by atoms with van der Waals surface area (Å²) in [6, 6.07) is 4.81. The molecule has 0 spiro atoms. The average Bonchev–Trinajstić information content (AvgIpc) is 2.09. The highest BCUT2D eigenvalue weighted by Gasteiger charge is 2.25. The van der Waals surface area contributed by atoms with Crippen molar-refractivity contribution >= 4 is 33.2 Å². The van der Waals surface area contributed by atoms with E-state index in [4.69, 9.17) is 33.1 Å². The van der Waals surface area contributed by atoms with Gasteiger partial charge in [-0.05, 0) is 18.2 Å². The minimum absolute atomic E-state index is 0.158. The number of hydrogen-bond acceptors (Lipinski definition) is 3. The Morgan fingerprint density at radius 3 is 2.17 bits per heavy atom. The molecule has 102 valence electrons. The quantitative estimate of drug-likeness (QED) is 0.909. The third-order valence-electron chi connectivity index (χ3n) is 2.06. The van der Waals surface area contributed by atoms with Crippen molar-refractivity contribution in [1.29, 1.82) is 0 Å².